The van der Waals surface area contributed by atoms with Crippen molar-refractivity contribution < 1.29 is 0 Å². The Hall–Kier alpha value is -0.350. The lowest BCUT2D eigenvalue weighted by Gasteiger charge is -2.17. The number of hydrogen-bond donors (Lipinski definition) is 2. The molecule has 0 bridgehead atoms. The van der Waals surface area contributed by atoms with Crippen LogP contribution < -0.4 is 11.5 Å². The Morgan fingerprint density at radius 1 is 1.78 bits per heavy atom. The van der Waals surface area contributed by atoms with Crippen molar-refractivity contribution in [3.05, 3.63) is 11.9 Å². The second-order valence-corrected chi connectivity index (χ2v) is 3.49. The second-order valence-electron chi connectivity index (χ2n) is 2.02. The molecule has 0 aliphatic carbocycles. The maximum atomic E-state index is 5.61. The van der Waals surface area contributed by atoms with Crippen molar-refractivity contribution in [1.82, 2.24) is 0 Å². The number of alkyl halides is 1. The van der Waals surface area contributed by atoms with Gasteiger partial charge in [0.2, 0.25) is 0 Å². The zero-order valence-corrected chi connectivity index (χ0v) is 6.43. The van der Waals surface area contributed by atoms with Crippen molar-refractivity contribution in [2.24, 2.45) is 16.5 Å². The molecular formula is C5H8BrN3. The Bertz CT molecular complexity index is 171. The first kappa shape index (κ1) is 6.77. The maximum absolute atomic E-state index is 5.61. The minimum Gasteiger partial charge on any atom is -0.384 e. The summed E-state index contributed by atoms with van der Waals surface area (Å²) in [6.07, 6.45) is 4.08. The van der Waals surface area contributed by atoms with E-state index in [1.54, 1.807) is 12.3 Å². The van der Waals surface area contributed by atoms with Gasteiger partial charge in [0.1, 0.15) is 10.3 Å². The van der Waals surface area contributed by atoms with Crippen LogP contribution in [0.25, 0.3) is 0 Å². The molecule has 50 valence electrons. The Morgan fingerprint density at radius 3 is 2.78 bits per heavy atom. The van der Waals surface area contributed by atoms with Gasteiger partial charge in [0.25, 0.3) is 0 Å². The zero-order valence-electron chi connectivity index (χ0n) is 4.84. The van der Waals surface area contributed by atoms with E-state index >= 15 is 0 Å². The Labute approximate surface area is 61.9 Å². The van der Waals surface area contributed by atoms with E-state index in [4.69, 9.17) is 11.5 Å². The van der Waals surface area contributed by atoms with E-state index in [1.807, 2.05) is 0 Å². The first-order valence-corrected chi connectivity index (χ1v) is 3.38. The third-order valence-electron chi connectivity index (χ3n) is 1.05. The van der Waals surface area contributed by atoms with Gasteiger partial charge >= 0.3 is 0 Å². The average Bonchev–Trinajstić information content (AvgIpc) is 1.78. The molecule has 1 heterocycles. The third kappa shape index (κ3) is 1.80. The van der Waals surface area contributed by atoms with E-state index in [-0.39, 0.29) is 0 Å². The fraction of sp³-hybridized carbons (Fsp3) is 0.400. The standard InChI is InChI=1S/C5H8BrN3/c6-5(8)2-1-4(7)9-3-5/h1,3H,2,7-8H2. The van der Waals surface area contributed by atoms with E-state index < -0.39 is 4.45 Å². The number of nitrogens with zero attached hydrogens (tertiary/aromatic N) is 1. The summed E-state index contributed by atoms with van der Waals surface area (Å²) in [7, 11) is 0. The smallest absolute Gasteiger partial charge is 0.119 e. The van der Waals surface area contributed by atoms with Crippen molar-refractivity contribution in [2.75, 3.05) is 0 Å². The normalized spacial score (nSPS) is 34.2. The third-order valence-corrected chi connectivity index (χ3v) is 1.58. The first-order valence-electron chi connectivity index (χ1n) is 2.59. The molecule has 0 aromatic heterocycles. The molecule has 4 heteroatoms. The summed E-state index contributed by atoms with van der Waals surface area (Å²) in [5, 5.41) is 0. The molecule has 1 atom stereocenters. The summed E-state index contributed by atoms with van der Waals surface area (Å²) in [5.41, 5.74) is 10.9. The van der Waals surface area contributed by atoms with E-state index in [1.165, 1.54) is 0 Å². The van der Waals surface area contributed by atoms with E-state index in [0.29, 0.717) is 12.2 Å². The highest BCUT2D eigenvalue weighted by Crippen LogP contribution is 2.17. The van der Waals surface area contributed by atoms with Gasteiger partial charge in [-0.2, -0.15) is 0 Å². The van der Waals surface area contributed by atoms with Crippen LogP contribution in [-0.2, 0) is 0 Å². The molecular weight excluding hydrogens is 182 g/mol. The number of hydrogen-bond acceptors (Lipinski definition) is 3. The molecule has 0 spiro atoms. The van der Waals surface area contributed by atoms with E-state index in [0.717, 1.165) is 0 Å². The van der Waals surface area contributed by atoms with Crippen LogP contribution in [0.15, 0.2) is 16.9 Å². The van der Waals surface area contributed by atoms with Crippen LogP contribution in [0.3, 0.4) is 0 Å². The van der Waals surface area contributed by atoms with Crippen LogP contribution in [0.5, 0.6) is 0 Å². The van der Waals surface area contributed by atoms with Gasteiger partial charge in [0.15, 0.2) is 0 Å². The molecule has 0 aromatic carbocycles. The van der Waals surface area contributed by atoms with Gasteiger partial charge in [-0.1, -0.05) is 15.9 Å². The Balaban J connectivity index is 2.70. The van der Waals surface area contributed by atoms with Gasteiger partial charge in [-0.3, -0.25) is 0 Å². The number of rotatable bonds is 0. The summed E-state index contributed by atoms with van der Waals surface area (Å²) >= 11 is 3.25. The molecule has 1 rings (SSSR count). The summed E-state index contributed by atoms with van der Waals surface area (Å²) in [4.78, 5) is 3.82. The van der Waals surface area contributed by atoms with Gasteiger partial charge in [-0.05, 0) is 6.08 Å². The summed E-state index contributed by atoms with van der Waals surface area (Å²) in [6.45, 7) is 0. The molecule has 0 amide bonds. The van der Waals surface area contributed by atoms with Crippen molar-refractivity contribution in [2.45, 2.75) is 10.9 Å². The Kier molecular flexibility index (Phi) is 1.59. The molecule has 1 unspecified atom stereocenters. The van der Waals surface area contributed by atoms with Gasteiger partial charge in [0, 0.05) is 12.6 Å². The van der Waals surface area contributed by atoms with Crippen molar-refractivity contribution in [3.8, 4) is 0 Å². The van der Waals surface area contributed by atoms with Crippen LogP contribution in [-0.4, -0.2) is 10.7 Å². The summed E-state index contributed by atoms with van der Waals surface area (Å²) < 4.78 is -0.476. The molecule has 0 fully saturated rings. The number of halogens is 1. The average molecular weight is 190 g/mol. The maximum Gasteiger partial charge on any atom is 0.119 e. The topological polar surface area (TPSA) is 64.4 Å². The van der Waals surface area contributed by atoms with E-state index in [9.17, 15) is 0 Å². The minimum absolute atomic E-state index is 0.476. The molecule has 9 heavy (non-hydrogen) atoms. The molecule has 1 aliphatic heterocycles. The number of aliphatic imine (C=N–C) groups is 1. The SMILES string of the molecule is NC1=CCC(N)(Br)C=N1. The quantitative estimate of drug-likeness (QED) is 0.426. The predicted molar refractivity (Wildman–Crippen MR) is 41.2 cm³/mol. The first-order chi connectivity index (χ1) is 4.10. The highest BCUT2D eigenvalue weighted by molar-refractivity contribution is 9.10. The van der Waals surface area contributed by atoms with Gasteiger partial charge in [-0.15, -0.1) is 0 Å². The van der Waals surface area contributed by atoms with E-state index in [2.05, 4.69) is 20.9 Å². The largest absolute Gasteiger partial charge is 0.384 e. The summed E-state index contributed by atoms with van der Waals surface area (Å²) in [6, 6.07) is 0. The minimum atomic E-state index is -0.476. The van der Waals surface area contributed by atoms with Crippen LogP contribution in [0.1, 0.15) is 6.42 Å². The molecule has 0 radical (unpaired) electrons. The van der Waals surface area contributed by atoms with Gasteiger partial charge in [0.05, 0.1) is 0 Å². The fourth-order valence-corrected chi connectivity index (χ4v) is 0.812. The van der Waals surface area contributed by atoms with Crippen LogP contribution >= 0.6 is 15.9 Å². The molecule has 1 aliphatic rings. The lowest BCUT2D eigenvalue weighted by molar-refractivity contribution is 0.815. The van der Waals surface area contributed by atoms with Gasteiger partial charge < -0.3 is 11.5 Å². The Morgan fingerprint density at radius 2 is 2.44 bits per heavy atom. The van der Waals surface area contributed by atoms with Crippen molar-refractivity contribution >= 4 is 22.1 Å². The molecule has 0 aromatic rings. The van der Waals surface area contributed by atoms with Crippen molar-refractivity contribution in [1.29, 1.82) is 0 Å². The van der Waals surface area contributed by atoms with Crippen molar-refractivity contribution in [3.63, 3.8) is 0 Å². The lowest BCUT2D eigenvalue weighted by Crippen LogP contribution is -2.35. The highest BCUT2D eigenvalue weighted by atomic mass is 79.9. The lowest BCUT2D eigenvalue weighted by atomic mass is 10.2. The van der Waals surface area contributed by atoms with Crippen LogP contribution in [0.2, 0.25) is 0 Å². The predicted octanol–water partition coefficient (Wildman–Crippen LogP) is 0.311. The fourth-order valence-electron chi connectivity index (χ4n) is 0.548. The second kappa shape index (κ2) is 2.11. The van der Waals surface area contributed by atoms with Crippen LogP contribution in [0.4, 0.5) is 0 Å². The monoisotopic (exact) mass is 189 g/mol. The highest BCUT2D eigenvalue weighted by Gasteiger charge is 2.18. The molecule has 0 saturated heterocycles. The number of nitrogens with two attached hydrogens (primary N) is 2. The van der Waals surface area contributed by atoms with Gasteiger partial charge in [-0.25, -0.2) is 4.99 Å². The molecule has 0 saturated carbocycles. The van der Waals surface area contributed by atoms with Crippen LogP contribution in [0, 0.1) is 0 Å². The molecule has 3 nitrogen and oxygen atoms in total. The molecule has 4 N–H and O–H groups in total. The zero-order chi connectivity index (χ0) is 6.91. The summed E-state index contributed by atoms with van der Waals surface area (Å²) in [5.74, 6) is 0.538.